The highest BCUT2D eigenvalue weighted by Gasteiger charge is 2.11. The van der Waals surface area contributed by atoms with Crippen molar-refractivity contribution in [2.45, 2.75) is 13.0 Å². The Morgan fingerprint density at radius 3 is 2.78 bits per heavy atom. The molecule has 1 heterocycles. The van der Waals surface area contributed by atoms with Crippen LogP contribution in [0.25, 0.3) is 5.69 Å². The van der Waals surface area contributed by atoms with Gasteiger partial charge in [-0.25, -0.2) is 4.68 Å². The summed E-state index contributed by atoms with van der Waals surface area (Å²) in [5, 5.41) is 6.79. The van der Waals surface area contributed by atoms with E-state index in [2.05, 4.69) is 10.4 Å². The Balaban J connectivity index is 2.43. The van der Waals surface area contributed by atoms with Crippen molar-refractivity contribution in [3.05, 3.63) is 47.8 Å². The minimum absolute atomic E-state index is 0.0890. The summed E-state index contributed by atoms with van der Waals surface area (Å²) in [5.41, 5.74) is 8.19. The first-order valence-corrected chi connectivity index (χ1v) is 5.76. The van der Waals surface area contributed by atoms with Gasteiger partial charge in [-0.2, -0.15) is 5.10 Å². The number of carbonyl (C=O) groups excluding carboxylic acids is 1. The second-order valence-electron chi connectivity index (χ2n) is 4.07. The van der Waals surface area contributed by atoms with Gasteiger partial charge in [-0.1, -0.05) is 18.2 Å². The van der Waals surface area contributed by atoms with Crippen molar-refractivity contribution in [1.82, 2.24) is 15.1 Å². The van der Waals surface area contributed by atoms with Gasteiger partial charge in [0, 0.05) is 19.3 Å². The summed E-state index contributed by atoms with van der Waals surface area (Å²) in [7, 11) is 1.58. The maximum atomic E-state index is 11.5. The summed E-state index contributed by atoms with van der Waals surface area (Å²) in [6.45, 7) is 1.92. The molecule has 0 aliphatic heterocycles. The highest BCUT2D eigenvalue weighted by atomic mass is 16.1. The number of amides is 1. The number of aromatic nitrogens is 2. The highest BCUT2D eigenvalue weighted by Crippen LogP contribution is 2.19. The van der Waals surface area contributed by atoms with Gasteiger partial charge in [0.1, 0.15) is 0 Å². The fourth-order valence-electron chi connectivity index (χ4n) is 1.79. The van der Waals surface area contributed by atoms with Crippen LogP contribution in [0.1, 0.15) is 29.0 Å². The van der Waals surface area contributed by atoms with Gasteiger partial charge in [0.05, 0.1) is 5.69 Å². The van der Waals surface area contributed by atoms with Gasteiger partial charge >= 0.3 is 0 Å². The molecule has 1 amide bonds. The third-order valence-corrected chi connectivity index (χ3v) is 2.72. The molecule has 0 bridgehead atoms. The zero-order chi connectivity index (χ0) is 13.1. The fraction of sp³-hybridized carbons (Fsp3) is 0.231. The molecule has 94 valence electrons. The number of benzene rings is 1. The molecule has 5 heteroatoms. The van der Waals surface area contributed by atoms with Gasteiger partial charge in [0.25, 0.3) is 5.91 Å². The average molecular weight is 244 g/mol. The Morgan fingerprint density at radius 1 is 1.39 bits per heavy atom. The van der Waals surface area contributed by atoms with E-state index in [4.69, 9.17) is 5.73 Å². The maximum Gasteiger partial charge on any atom is 0.271 e. The van der Waals surface area contributed by atoms with Crippen LogP contribution >= 0.6 is 0 Å². The average Bonchev–Trinajstić information content (AvgIpc) is 2.87. The molecule has 0 aliphatic carbocycles. The lowest BCUT2D eigenvalue weighted by Crippen LogP contribution is -2.18. The molecule has 0 radical (unpaired) electrons. The van der Waals surface area contributed by atoms with Crippen LogP contribution in [0, 0.1) is 0 Å². The molecule has 0 aliphatic rings. The van der Waals surface area contributed by atoms with E-state index in [1.54, 1.807) is 24.0 Å². The fourth-order valence-corrected chi connectivity index (χ4v) is 1.79. The number of para-hydroxylation sites is 1. The smallest absolute Gasteiger partial charge is 0.271 e. The first-order valence-electron chi connectivity index (χ1n) is 5.76. The number of nitrogens with two attached hydrogens (primary N) is 1. The molecular formula is C13H16N4O. The van der Waals surface area contributed by atoms with Gasteiger partial charge in [0.2, 0.25) is 0 Å². The van der Waals surface area contributed by atoms with Crippen molar-refractivity contribution in [1.29, 1.82) is 0 Å². The van der Waals surface area contributed by atoms with E-state index < -0.39 is 0 Å². The van der Waals surface area contributed by atoms with Gasteiger partial charge in [-0.05, 0) is 24.6 Å². The van der Waals surface area contributed by atoms with Crippen molar-refractivity contribution >= 4 is 5.91 Å². The molecule has 1 aromatic carbocycles. The monoisotopic (exact) mass is 244 g/mol. The minimum Gasteiger partial charge on any atom is -0.354 e. The molecule has 0 fully saturated rings. The second kappa shape index (κ2) is 5.01. The van der Waals surface area contributed by atoms with E-state index in [0.717, 1.165) is 11.3 Å². The van der Waals surface area contributed by atoms with Crippen LogP contribution in [-0.2, 0) is 0 Å². The number of nitrogens with zero attached hydrogens (tertiary/aromatic N) is 2. The lowest BCUT2D eigenvalue weighted by Gasteiger charge is -2.12. The molecule has 1 unspecified atom stereocenters. The predicted molar refractivity (Wildman–Crippen MR) is 69.6 cm³/mol. The summed E-state index contributed by atoms with van der Waals surface area (Å²) in [6, 6.07) is 9.33. The molecule has 0 saturated heterocycles. The van der Waals surface area contributed by atoms with E-state index >= 15 is 0 Å². The predicted octanol–water partition coefficient (Wildman–Crippen LogP) is 1.25. The Bertz CT molecular complexity index is 560. The molecule has 1 aromatic heterocycles. The van der Waals surface area contributed by atoms with Crippen molar-refractivity contribution in [3.8, 4) is 5.69 Å². The highest BCUT2D eigenvalue weighted by molar-refractivity contribution is 5.91. The summed E-state index contributed by atoms with van der Waals surface area (Å²) in [5.74, 6) is -0.202. The first kappa shape index (κ1) is 12.3. The minimum atomic E-state index is -0.202. The number of hydrogen-bond acceptors (Lipinski definition) is 3. The maximum absolute atomic E-state index is 11.5. The summed E-state index contributed by atoms with van der Waals surface area (Å²) in [6.07, 6.45) is 1.76. The van der Waals surface area contributed by atoms with E-state index in [1.165, 1.54) is 0 Å². The lowest BCUT2D eigenvalue weighted by molar-refractivity contribution is 0.0957. The Labute approximate surface area is 106 Å². The van der Waals surface area contributed by atoms with Crippen LogP contribution in [0.5, 0.6) is 0 Å². The quantitative estimate of drug-likeness (QED) is 0.853. The van der Waals surface area contributed by atoms with Gasteiger partial charge < -0.3 is 11.1 Å². The Morgan fingerprint density at radius 2 is 2.11 bits per heavy atom. The zero-order valence-electron chi connectivity index (χ0n) is 10.4. The van der Waals surface area contributed by atoms with E-state index in [-0.39, 0.29) is 11.9 Å². The van der Waals surface area contributed by atoms with Crippen molar-refractivity contribution < 1.29 is 4.79 Å². The topological polar surface area (TPSA) is 72.9 Å². The third-order valence-electron chi connectivity index (χ3n) is 2.72. The van der Waals surface area contributed by atoms with Gasteiger partial charge in [-0.3, -0.25) is 4.79 Å². The SMILES string of the molecule is CNC(=O)c1ccn(-c2ccccc2C(C)N)n1. The second-order valence-corrected chi connectivity index (χ2v) is 4.07. The number of carbonyl (C=O) groups is 1. The third kappa shape index (κ3) is 2.26. The molecule has 0 spiro atoms. The molecule has 18 heavy (non-hydrogen) atoms. The molecule has 5 nitrogen and oxygen atoms in total. The number of nitrogens with one attached hydrogen (secondary N) is 1. The van der Waals surface area contributed by atoms with Crippen LogP contribution in [-0.4, -0.2) is 22.7 Å². The van der Waals surface area contributed by atoms with Gasteiger partial charge in [-0.15, -0.1) is 0 Å². The largest absolute Gasteiger partial charge is 0.354 e. The van der Waals surface area contributed by atoms with Gasteiger partial charge in [0.15, 0.2) is 5.69 Å². The Hall–Kier alpha value is -2.14. The van der Waals surface area contributed by atoms with Crippen molar-refractivity contribution in [2.24, 2.45) is 5.73 Å². The first-order chi connectivity index (χ1) is 8.63. The number of rotatable bonds is 3. The van der Waals surface area contributed by atoms with Crippen molar-refractivity contribution in [2.75, 3.05) is 7.05 Å². The summed E-state index contributed by atoms with van der Waals surface area (Å²) in [4.78, 5) is 11.5. The van der Waals surface area contributed by atoms with E-state index in [1.807, 2.05) is 31.2 Å². The molecular weight excluding hydrogens is 228 g/mol. The van der Waals surface area contributed by atoms with E-state index in [9.17, 15) is 4.79 Å². The van der Waals surface area contributed by atoms with Crippen LogP contribution in [0.15, 0.2) is 36.5 Å². The zero-order valence-corrected chi connectivity index (χ0v) is 10.4. The molecule has 1 atom stereocenters. The van der Waals surface area contributed by atoms with Crippen LogP contribution in [0.2, 0.25) is 0 Å². The molecule has 3 N–H and O–H groups in total. The standard InChI is InChI=1S/C13H16N4O/c1-9(14)10-5-3-4-6-12(10)17-8-7-11(16-17)13(18)15-2/h3-9H,14H2,1-2H3,(H,15,18). The lowest BCUT2D eigenvalue weighted by atomic mass is 10.1. The summed E-state index contributed by atoms with van der Waals surface area (Å²) >= 11 is 0. The van der Waals surface area contributed by atoms with Crippen LogP contribution in [0.3, 0.4) is 0 Å². The van der Waals surface area contributed by atoms with Crippen LogP contribution in [0.4, 0.5) is 0 Å². The number of hydrogen-bond donors (Lipinski definition) is 2. The molecule has 2 rings (SSSR count). The normalized spacial score (nSPS) is 12.2. The summed E-state index contributed by atoms with van der Waals surface area (Å²) < 4.78 is 1.67. The van der Waals surface area contributed by atoms with E-state index in [0.29, 0.717) is 5.69 Å². The van der Waals surface area contributed by atoms with Crippen LogP contribution < -0.4 is 11.1 Å². The molecule has 0 saturated carbocycles. The molecule has 2 aromatic rings. The Kier molecular flexibility index (Phi) is 3.43. The van der Waals surface area contributed by atoms with Crippen molar-refractivity contribution in [3.63, 3.8) is 0 Å².